The Morgan fingerprint density at radius 2 is 2.43 bits per heavy atom. The minimum atomic E-state index is -1.07. The average molecular weight is 199 g/mol. The fourth-order valence-corrected chi connectivity index (χ4v) is 0.875. The van der Waals surface area contributed by atoms with Gasteiger partial charge < -0.3 is 19.6 Å². The molecular weight excluding hydrogens is 186 g/mol. The fraction of sp³-hybridized carbons (Fsp3) is 0.444. The Kier molecular flexibility index (Phi) is 3.53. The topological polar surface area (TPSA) is 71.7 Å². The fourth-order valence-electron chi connectivity index (χ4n) is 0.875. The molecule has 78 valence electrons. The molecule has 0 radical (unpaired) electrons. The Balaban J connectivity index is 2.48. The van der Waals surface area contributed by atoms with E-state index in [9.17, 15) is 4.79 Å². The zero-order valence-electron chi connectivity index (χ0n) is 8.11. The van der Waals surface area contributed by atoms with Crippen molar-refractivity contribution >= 4 is 11.9 Å². The molecule has 0 aromatic carbocycles. The van der Waals surface area contributed by atoms with Crippen molar-refractivity contribution in [1.82, 2.24) is 0 Å². The molecule has 1 unspecified atom stereocenters. The van der Waals surface area contributed by atoms with E-state index in [1.165, 1.54) is 6.07 Å². The van der Waals surface area contributed by atoms with Crippen LogP contribution in [0.25, 0.3) is 0 Å². The van der Waals surface area contributed by atoms with E-state index in [0.29, 0.717) is 12.4 Å². The number of methoxy groups -OCH3 is 1. The molecule has 1 atom stereocenters. The summed E-state index contributed by atoms with van der Waals surface area (Å²) in [6, 6.07) is 2.98. The van der Waals surface area contributed by atoms with Gasteiger partial charge in [-0.25, -0.2) is 4.79 Å². The summed E-state index contributed by atoms with van der Waals surface area (Å²) in [5.41, 5.74) is 0. The van der Waals surface area contributed by atoms with Crippen LogP contribution >= 0.6 is 0 Å². The van der Waals surface area contributed by atoms with Gasteiger partial charge in [0.2, 0.25) is 5.76 Å². The number of furan rings is 1. The van der Waals surface area contributed by atoms with Gasteiger partial charge in [0.1, 0.15) is 0 Å². The molecule has 0 saturated heterocycles. The summed E-state index contributed by atoms with van der Waals surface area (Å²) in [4.78, 5) is 10.5. The predicted molar refractivity (Wildman–Crippen MR) is 50.6 cm³/mol. The Labute approximate surface area is 81.7 Å². The molecule has 1 rings (SSSR count). The highest BCUT2D eigenvalue weighted by Crippen LogP contribution is 2.12. The molecule has 0 fully saturated rings. The maximum Gasteiger partial charge on any atom is 0.371 e. The van der Waals surface area contributed by atoms with Crippen LogP contribution in [-0.2, 0) is 4.74 Å². The van der Waals surface area contributed by atoms with Crippen LogP contribution in [0.2, 0.25) is 0 Å². The van der Waals surface area contributed by atoms with Gasteiger partial charge in [-0.05, 0) is 13.0 Å². The van der Waals surface area contributed by atoms with E-state index in [2.05, 4.69) is 5.32 Å². The number of rotatable bonds is 5. The number of ether oxygens (including phenoxy) is 1. The van der Waals surface area contributed by atoms with Crippen LogP contribution in [0.15, 0.2) is 16.5 Å². The van der Waals surface area contributed by atoms with Crippen LogP contribution in [-0.4, -0.2) is 30.8 Å². The summed E-state index contributed by atoms with van der Waals surface area (Å²) in [6.07, 6.45) is 0.0494. The molecule has 0 saturated carbocycles. The first-order valence-electron chi connectivity index (χ1n) is 4.23. The Bertz CT molecular complexity index is 308. The maximum atomic E-state index is 10.5. The third-order valence-electron chi connectivity index (χ3n) is 1.78. The van der Waals surface area contributed by atoms with Crippen molar-refractivity contribution in [2.45, 2.75) is 13.0 Å². The molecule has 0 aliphatic heterocycles. The molecule has 0 aliphatic carbocycles. The van der Waals surface area contributed by atoms with Crippen molar-refractivity contribution in [1.29, 1.82) is 0 Å². The van der Waals surface area contributed by atoms with Gasteiger partial charge >= 0.3 is 5.97 Å². The van der Waals surface area contributed by atoms with E-state index in [4.69, 9.17) is 14.3 Å². The Morgan fingerprint density at radius 3 is 2.93 bits per heavy atom. The molecule has 0 amide bonds. The number of anilines is 1. The lowest BCUT2D eigenvalue weighted by molar-refractivity contribution is 0.0663. The summed E-state index contributed by atoms with van der Waals surface area (Å²) >= 11 is 0. The van der Waals surface area contributed by atoms with Crippen LogP contribution in [0.4, 0.5) is 5.88 Å². The second kappa shape index (κ2) is 4.66. The van der Waals surface area contributed by atoms with E-state index < -0.39 is 5.97 Å². The highest BCUT2D eigenvalue weighted by molar-refractivity contribution is 5.84. The lowest BCUT2D eigenvalue weighted by atomic mass is 10.4. The molecule has 1 aromatic heterocycles. The number of hydrogen-bond donors (Lipinski definition) is 2. The highest BCUT2D eigenvalue weighted by Gasteiger charge is 2.08. The van der Waals surface area contributed by atoms with Crippen molar-refractivity contribution in [2.75, 3.05) is 19.0 Å². The third kappa shape index (κ3) is 2.77. The van der Waals surface area contributed by atoms with E-state index in [0.717, 1.165) is 0 Å². The summed E-state index contributed by atoms with van der Waals surface area (Å²) in [6.45, 7) is 2.47. The lowest BCUT2D eigenvalue weighted by Gasteiger charge is -2.09. The average Bonchev–Trinajstić information content (AvgIpc) is 2.62. The molecule has 1 aromatic rings. The van der Waals surface area contributed by atoms with Crippen LogP contribution in [0.3, 0.4) is 0 Å². The van der Waals surface area contributed by atoms with Gasteiger partial charge in [0.25, 0.3) is 0 Å². The van der Waals surface area contributed by atoms with Crippen molar-refractivity contribution in [3.8, 4) is 0 Å². The summed E-state index contributed by atoms with van der Waals surface area (Å²) in [5.74, 6) is -0.707. The second-order valence-electron chi connectivity index (χ2n) is 2.90. The van der Waals surface area contributed by atoms with Gasteiger partial charge in [0.05, 0.1) is 6.10 Å². The zero-order chi connectivity index (χ0) is 10.6. The number of nitrogens with one attached hydrogen (secondary N) is 1. The number of carboxylic acid groups (broad SMARTS) is 1. The van der Waals surface area contributed by atoms with Crippen LogP contribution in [0.5, 0.6) is 0 Å². The van der Waals surface area contributed by atoms with Crippen molar-refractivity contribution < 1.29 is 19.1 Å². The van der Waals surface area contributed by atoms with Gasteiger partial charge in [0.15, 0.2) is 5.88 Å². The number of aromatic carboxylic acids is 1. The smallest absolute Gasteiger partial charge is 0.371 e. The minimum absolute atomic E-state index is 0.0494. The number of carboxylic acids is 1. The van der Waals surface area contributed by atoms with Gasteiger partial charge in [-0.1, -0.05) is 0 Å². The van der Waals surface area contributed by atoms with Gasteiger partial charge in [-0.3, -0.25) is 0 Å². The lowest BCUT2D eigenvalue weighted by Crippen LogP contribution is -2.17. The van der Waals surface area contributed by atoms with E-state index in [-0.39, 0.29) is 11.9 Å². The molecule has 0 spiro atoms. The molecule has 5 heteroatoms. The maximum absolute atomic E-state index is 10.5. The summed E-state index contributed by atoms with van der Waals surface area (Å²) < 4.78 is 9.98. The van der Waals surface area contributed by atoms with Crippen molar-refractivity contribution in [2.24, 2.45) is 0 Å². The zero-order valence-corrected chi connectivity index (χ0v) is 8.11. The molecule has 5 nitrogen and oxygen atoms in total. The first-order chi connectivity index (χ1) is 6.63. The Hall–Kier alpha value is -1.49. The number of carbonyl (C=O) groups is 1. The van der Waals surface area contributed by atoms with Gasteiger partial charge in [-0.15, -0.1) is 0 Å². The normalized spacial score (nSPS) is 12.4. The first kappa shape index (κ1) is 10.6. The van der Waals surface area contributed by atoms with Gasteiger partial charge in [0, 0.05) is 19.7 Å². The predicted octanol–water partition coefficient (Wildman–Crippen LogP) is 1.42. The molecular formula is C9H13NO4. The van der Waals surface area contributed by atoms with Crippen LogP contribution in [0, 0.1) is 0 Å². The van der Waals surface area contributed by atoms with E-state index in [1.807, 2.05) is 6.92 Å². The van der Waals surface area contributed by atoms with Gasteiger partial charge in [-0.2, -0.15) is 0 Å². The first-order valence-corrected chi connectivity index (χ1v) is 4.23. The van der Waals surface area contributed by atoms with Crippen LogP contribution in [0.1, 0.15) is 17.5 Å². The quantitative estimate of drug-likeness (QED) is 0.750. The highest BCUT2D eigenvalue weighted by atomic mass is 16.5. The largest absolute Gasteiger partial charge is 0.475 e. The van der Waals surface area contributed by atoms with E-state index in [1.54, 1.807) is 13.2 Å². The molecule has 1 heterocycles. The Morgan fingerprint density at radius 1 is 1.71 bits per heavy atom. The second-order valence-corrected chi connectivity index (χ2v) is 2.90. The third-order valence-corrected chi connectivity index (χ3v) is 1.78. The molecule has 0 bridgehead atoms. The van der Waals surface area contributed by atoms with E-state index >= 15 is 0 Å². The minimum Gasteiger partial charge on any atom is -0.475 e. The molecule has 2 N–H and O–H groups in total. The summed E-state index contributed by atoms with van der Waals surface area (Å²) in [5, 5.41) is 11.5. The monoisotopic (exact) mass is 199 g/mol. The van der Waals surface area contributed by atoms with Crippen molar-refractivity contribution in [3.63, 3.8) is 0 Å². The SMILES string of the molecule is COC(C)CNc1ccc(C(=O)O)o1. The van der Waals surface area contributed by atoms with Crippen molar-refractivity contribution in [3.05, 3.63) is 17.9 Å². The molecule has 14 heavy (non-hydrogen) atoms. The molecule has 0 aliphatic rings. The number of hydrogen-bond acceptors (Lipinski definition) is 4. The summed E-state index contributed by atoms with van der Waals surface area (Å²) in [7, 11) is 1.61. The standard InChI is InChI=1S/C9H13NO4/c1-6(13-2)5-10-8-4-3-7(14-8)9(11)12/h3-4,6,10H,5H2,1-2H3,(H,11,12). The van der Waals surface area contributed by atoms with Crippen LogP contribution < -0.4 is 5.32 Å².